The number of benzene rings is 1. The second-order valence-electron chi connectivity index (χ2n) is 6.78. The van der Waals surface area contributed by atoms with Gasteiger partial charge in [0.1, 0.15) is 0 Å². The Bertz CT molecular complexity index is 571. The van der Waals surface area contributed by atoms with Crippen LogP contribution in [0.5, 0.6) is 11.5 Å². The van der Waals surface area contributed by atoms with Crippen molar-refractivity contribution in [1.29, 1.82) is 0 Å². The molecule has 6 nitrogen and oxygen atoms in total. The summed E-state index contributed by atoms with van der Waals surface area (Å²) in [4.78, 5) is 6.78. The monoisotopic (exact) mass is 362 g/mol. The summed E-state index contributed by atoms with van der Waals surface area (Å²) in [5.74, 6) is 2.38. The summed E-state index contributed by atoms with van der Waals surface area (Å²) in [6.07, 6.45) is 6.33. The van der Waals surface area contributed by atoms with Crippen LogP contribution >= 0.6 is 0 Å². The molecule has 0 saturated heterocycles. The van der Waals surface area contributed by atoms with Gasteiger partial charge in [0, 0.05) is 32.7 Å². The molecule has 0 aromatic heterocycles. The molecule has 1 aromatic rings. The lowest BCUT2D eigenvalue weighted by Gasteiger charge is -2.24. The topological polar surface area (TPSA) is 58.1 Å². The van der Waals surface area contributed by atoms with Crippen LogP contribution in [0.1, 0.15) is 31.2 Å². The molecule has 2 rings (SSSR count). The molecule has 0 radical (unpaired) electrons. The van der Waals surface area contributed by atoms with Crippen LogP contribution in [0.25, 0.3) is 0 Å². The van der Waals surface area contributed by atoms with Gasteiger partial charge < -0.3 is 25.0 Å². The van der Waals surface area contributed by atoms with Gasteiger partial charge in [-0.3, -0.25) is 4.99 Å². The van der Waals surface area contributed by atoms with Crippen molar-refractivity contribution in [1.82, 2.24) is 15.5 Å². The molecular formula is C20H34N4O2. The quantitative estimate of drug-likeness (QED) is 0.521. The van der Waals surface area contributed by atoms with Crippen molar-refractivity contribution in [2.24, 2.45) is 4.99 Å². The number of nitrogens with zero attached hydrogens (tertiary/aromatic N) is 2. The number of likely N-dealkylation sites (N-methyl/N-ethyl adjacent to an activating group) is 1. The number of ether oxygens (including phenoxy) is 2. The van der Waals surface area contributed by atoms with Gasteiger partial charge in [-0.15, -0.1) is 0 Å². The number of guanidine groups is 1. The molecule has 1 aliphatic carbocycles. The van der Waals surface area contributed by atoms with E-state index in [1.165, 1.54) is 31.2 Å². The van der Waals surface area contributed by atoms with Gasteiger partial charge >= 0.3 is 0 Å². The molecule has 1 aliphatic rings. The van der Waals surface area contributed by atoms with Crippen LogP contribution in [0.15, 0.2) is 23.2 Å². The zero-order valence-corrected chi connectivity index (χ0v) is 16.7. The smallest absolute Gasteiger partial charge is 0.191 e. The summed E-state index contributed by atoms with van der Waals surface area (Å²) in [6.45, 7) is 2.76. The summed E-state index contributed by atoms with van der Waals surface area (Å²) in [5.41, 5.74) is 1.20. The van der Waals surface area contributed by atoms with Crippen LogP contribution < -0.4 is 20.1 Å². The average molecular weight is 363 g/mol. The van der Waals surface area contributed by atoms with Crippen molar-refractivity contribution in [2.75, 3.05) is 47.9 Å². The van der Waals surface area contributed by atoms with E-state index in [0.717, 1.165) is 49.6 Å². The Balaban J connectivity index is 1.70. The highest BCUT2D eigenvalue weighted by atomic mass is 16.5. The SMILES string of the molecule is CN=C(NCCc1ccc(OC)c(OC)c1)NCCN(C)C1CCCC1. The molecule has 6 heteroatoms. The Labute approximate surface area is 158 Å². The minimum atomic E-state index is 0.757. The van der Waals surface area contributed by atoms with E-state index in [1.807, 2.05) is 19.2 Å². The highest BCUT2D eigenvalue weighted by Gasteiger charge is 2.18. The van der Waals surface area contributed by atoms with E-state index in [-0.39, 0.29) is 0 Å². The largest absolute Gasteiger partial charge is 0.493 e. The average Bonchev–Trinajstić information content (AvgIpc) is 3.21. The van der Waals surface area contributed by atoms with E-state index < -0.39 is 0 Å². The van der Waals surface area contributed by atoms with E-state index in [0.29, 0.717) is 0 Å². The normalized spacial score (nSPS) is 15.3. The maximum absolute atomic E-state index is 5.36. The summed E-state index contributed by atoms with van der Waals surface area (Å²) in [6, 6.07) is 6.79. The summed E-state index contributed by atoms with van der Waals surface area (Å²) < 4.78 is 10.6. The van der Waals surface area contributed by atoms with Gasteiger partial charge in [0.05, 0.1) is 14.2 Å². The Morgan fingerprint density at radius 3 is 2.46 bits per heavy atom. The number of hydrogen-bond donors (Lipinski definition) is 2. The van der Waals surface area contributed by atoms with E-state index in [2.05, 4.69) is 33.6 Å². The van der Waals surface area contributed by atoms with Crippen molar-refractivity contribution < 1.29 is 9.47 Å². The lowest BCUT2D eigenvalue weighted by Crippen LogP contribution is -2.43. The van der Waals surface area contributed by atoms with Crippen molar-refractivity contribution in [2.45, 2.75) is 38.1 Å². The lowest BCUT2D eigenvalue weighted by molar-refractivity contribution is 0.249. The molecule has 146 valence electrons. The predicted octanol–water partition coefficient (Wildman–Crippen LogP) is 2.29. The van der Waals surface area contributed by atoms with Crippen LogP contribution in [-0.2, 0) is 6.42 Å². The van der Waals surface area contributed by atoms with Crippen molar-refractivity contribution in [3.8, 4) is 11.5 Å². The van der Waals surface area contributed by atoms with Crippen LogP contribution in [0.4, 0.5) is 0 Å². The molecule has 0 atom stereocenters. The summed E-state index contributed by atoms with van der Waals surface area (Å²) in [5, 5.41) is 6.78. The van der Waals surface area contributed by atoms with Crippen molar-refractivity contribution in [3.05, 3.63) is 23.8 Å². The van der Waals surface area contributed by atoms with Gasteiger partial charge in [-0.05, 0) is 44.0 Å². The number of hydrogen-bond acceptors (Lipinski definition) is 4. The van der Waals surface area contributed by atoms with Crippen LogP contribution in [-0.4, -0.2) is 64.9 Å². The molecule has 0 bridgehead atoms. The first kappa shape index (κ1) is 20.4. The second-order valence-corrected chi connectivity index (χ2v) is 6.78. The summed E-state index contributed by atoms with van der Waals surface area (Å²) >= 11 is 0. The van der Waals surface area contributed by atoms with Crippen LogP contribution in [0.2, 0.25) is 0 Å². The molecule has 0 amide bonds. The number of nitrogens with one attached hydrogen (secondary N) is 2. The molecule has 26 heavy (non-hydrogen) atoms. The number of methoxy groups -OCH3 is 2. The first-order valence-corrected chi connectivity index (χ1v) is 9.53. The van der Waals surface area contributed by atoms with Gasteiger partial charge in [-0.2, -0.15) is 0 Å². The molecule has 0 aliphatic heterocycles. The van der Waals surface area contributed by atoms with Crippen LogP contribution in [0, 0.1) is 0 Å². The second kappa shape index (κ2) is 10.9. The van der Waals surface area contributed by atoms with Gasteiger partial charge in [0.25, 0.3) is 0 Å². The van der Waals surface area contributed by atoms with E-state index in [4.69, 9.17) is 9.47 Å². The third-order valence-corrected chi connectivity index (χ3v) is 5.08. The molecule has 0 heterocycles. The van der Waals surface area contributed by atoms with E-state index >= 15 is 0 Å². The van der Waals surface area contributed by atoms with Crippen molar-refractivity contribution in [3.63, 3.8) is 0 Å². The molecule has 1 saturated carbocycles. The lowest BCUT2D eigenvalue weighted by atomic mass is 10.1. The minimum Gasteiger partial charge on any atom is -0.493 e. The van der Waals surface area contributed by atoms with E-state index in [9.17, 15) is 0 Å². The Morgan fingerprint density at radius 1 is 1.12 bits per heavy atom. The number of aliphatic imine (C=N–C) groups is 1. The highest BCUT2D eigenvalue weighted by Crippen LogP contribution is 2.27. The molecule has 0 unspecified atom stereocenters. The first-order valence-electron chi connectivity index (χ1n) is 9.53. The zero-order chi connectivity index (χ0) is 18.8. The van der Waals surface area contributed by atoms with Gasteiger partial charge in [0.15, 0.2) is 17.5 Å². The zero-order valence-electron chi connectivity index (χ0n) is 16.7. The van der Waals surface area contributed by atoms with Gasteiger partial charge in [0.2, 0.25) is 0 Å². The Kier molecular flexibility index (Phi) is 8.54. The Morgan fingerprint density at radius 2 is 1.81 bits per heavy atom. The molecule has 0 spiro atoms. The molecule has 2 N–H and O–H groups in total. The number of rotatable bonds is 9. The standard InChI is InChI=1S/C20H34N4O2/c1-21-20(23-13-14-24(2)17-7-5-6-8-17)22-12-11-16-9-10-18(25-3)19(15-16)26-4/h9-10,15,17H,5-8,11-14H2,1-4H3,(H2,21,22,23). The third kappa shape index (κ3) is 6.09. The minimum absolute atomic E-state index is 0.757. The Hall–Kier alpha value is -1.95. The fourth-order valence-corrected chi connectivity index (χ4v) is 3.46. The van der Waals surface area contributed by atoms with Crippen molar-refractivity contribution >= 4 is 5.96 Å². The predicted molar refractivity (Wildman–Crippen MR) is 108 cm³/mol. The fourth-order valence-electron chi connectivity index (χ4n) is 3.46. The van der Waals surface area contributed by atoms with Crippen LogP contribution in [0.3, 0.4) is 0 Å². The molecule has 1 aromatic carbocycles. The maximum atomic E-state index is 5.36. The molecular weight excluding hydrogens is 328 g/mol. The molecule has 1 fully saturated rings. The van der Waals surface area contributed by atoms with Gasteiger partial charge in [-0.25, -0.2) is 0 Å². The van der Waals surface area contributed by atoms with Gasteiger partial charge in [-0.1, -0.05) is 18.9 Å². The first-order chi connectivity index (χ1) is 12.7. The summed E-state index contributed by atoms with van der Waals surface area (Å²) in [7, 11) is 7.35. The fraction of sp³-hybridized carbons (Fsp3) is 0.650. The highest BCUT2D eigenvalue weighted by molar-refractivity contribution is 5.79. The maximum Gasteiger partial charge on any atom is 0.191 e. The van der Waals surface area contributed by atoms with E-state index in [1.54, 1.807) is 14.2 Å². The third-order valence-electron chi connectivity index (χ3n) is 5.08.